The van der Waals surface area contributed by atoms with Crippen molar-refractivity contribution in [1.29, 1.82) is 0 Å². The third-order valence-electron chi connectivity index (χ3n) is 4.90. The molecule has 0 unspecified atom stereocenters. The minimum Gasteiger partial charge on any atom is -0.453 e. The summed E-state index contributed by atoms with van der Waals surface area (Å²) in [7, 11) is 0. The van der Waals surface area contributed by atoms with Crippen LogP contribution in [0.2, 0.25) is 0 Å². The minimum atomic E-state index is -0.996. The van der Waals surface area contributed by atoms with Crippen LogP contribution in [0.5, 0.6) is 0 Å². The molecule has 1 N–H and O–H groups in total. The lowest BCUT2D eigenvalue weighted by Crippen LogP contribution is -2.30. The van der Waals surface area contributed by atoms with E-state index in [1.54, 1.807) is 29.7 Å². The number of carbonyl (C=O) groups excluding carboxylic acids is 2. The Morgan fingerprint density at radius 3 is 2.80 bits per heavy atom. The Morgan fingerprint density at radius 2 is 2.10 bits per heavy atom. The quantitative estimate of drug-likeness (QED) is 0.595. The molecule has 1 aliphatic carbocycles. The Hall–Kier alpha value is -3.49. The van der Waals surface area contributed by atoms with E-state index in [1.807, 2.05) is 12.1 Å². The zero-order chi connectivity index (χ0) is 21.3. The van der Waals surface area contributed by atoms with Crippen molar-refractivity contribution in [3.8, 4) is 0 Å². The zero-order valence-electron chi connectivity index (χ0n) is 16.8. The minimum absolute atomic E-state index is 0.0121. The number of ether oxygens (including phenoxy) is 1. The van der Waals surface area contributed by atoms with Crippen molar-refractivity contribution in [3.05, 3.63) is 52.3 Å². The molecule has 1 atom stereocenters. The number of hydrogen-bond acceptors (Lipinski definition) is 7. The van der Waals surface area contributed by atoms with Gasteiger partial charge in [-0.25, -0.2) is 4.98 Å². The second-order valence-corrected chi connectivity index (χ2v) is 7.40. The number of esters is 1. The molecule has 0 radical (unpaired) electrons. The summed E-state index contributed by atoms with van der Waals surface area (Å²) in [5.74, 6) is 0.330. The molecule has 2 aromatic heterocycles. The molecule has 0 aliphatic heterocycles. The maximum absolute atomic E-state index is 12.9. The first-order valence-electron chi connectivity index (χ1n) is 9.86. The second kappa shape index (κ2) is 8.10. The van der Waals surface area contributed by atoms with Gasteiger partial charge in [0, 0.05) is 18.5 Å². The fraction of sp³-hybridized carbons (Fsp3) is 0.381. The SMILES string of the molecule is Cc1cc(NC(=O)[C@@H](C)OC(=O)CCc2nc3ccccc3c(=O)n2C2CC2)no1. The van der Waals surface area contributed by atoms with Gasteiger partial charge in [0.1, 0.15) is 11.6 Å². The average Bonchev–Trinajstić information content (AvgIpc) is 3.47. The number of nitrogens with one attached hydrogen (secondary N) is 1. The van der Waals surface area contributed by atoms with Crippen LogP contribution >= 0.6 is 0 Å². The van der Waals surface area contributed by atoms with E-state index in [9.17, 15) is 14.4 Å². The predicted molar refractivity (Wildman–Crippen MR) is 108 cm³/mol. The van der Waals surface area contributed by atoms with Crippen LogP contribution in [-0.2, 0) is 20.7 Å². The van der Waals surface area contributed by atoms with Crippen molar-refractivity contribution in [2.75, 3.05) is 5.32 Å². The topological polar surface area (TPSA) is 116 Å². The van der Waals surface area contributed by atoms with Crippen LogP contribution in [0.3, 0.4) is 0 Å². The van der Waals surface area contributed by atoms with Gasteiger partial charge in [0.2, 0.25) is 0 Å². The van der Waals surface area contributed by atoms with Gasteiger partial charge in [-0.1, -0.05) is 17.3 Å². The van der Waals surface area contributed by atoms with Crippen molar-refractivity contribution in [1.82, 2.24) is 14.7 Å². The summed E-state index contributed by atoms with van der Waals surface area (Å²) in [6, 6.07) is 8.88. The number of para-hydroxylation sites is 1. The third kappa shape index (κ3) is 4.24. The summed E-state index contributed by atoms with van der Waals surface area (Å²) >= 11 is 0. The van der Waals surface area contributed by atoms with Gasteiger partial charge < -0.3 is 14.6 Å². The Morgan fingerprint density at radius 1 is 1.33 bits per heavy atom. The van der Waals surface area contributed by atoms with E-state index in [0.29, 0.717) is 22.5 Å². The van der Waals surface area contributed by atoms with Crippen LogP contribution in [0.4, 0.5) is 5.82 Å². The third-order valence-corrected chi connectivity index (χ3v) is 4.90. The summed E-state index contributed by atoms with van der Waals surface area (Å²) in [5.41, 5.74) is 0.528. The smallest absolute Gasteiger partial charge is 0.307 e. The number of fused-ring (bicyclic) bond motifs is 1. The van der Waals surface area contributed by atoms with Crippen molar-refractivity contribution in [2.45, 2.75) is 51.7 Å². The van der Waals surface area contributed by atoms with Crippen molar-refractivity contribution < 1.29 is 18.8 Å². The summed E-state index contributed by atoms with van der Waals surface area (Å²) in [6.07, 6.45) is 1.13. The van der Waals surface area contributed by atoms with Crippen LogP contribution in [0.15, 0.2) is 39.6 Å². The number of rotatable bonds is 7. The normalized spacial score (nSPS) is 14.5. The molecule has 1 aromatic carbocycles. The molecule has 156 valence electrons. The van der Waals surface area contributed by atoms with Gasteiger partial charge in [-0.3, -0.25) is 19.0 Å². The Bertz CT molecular complexity index is 1160. The first-order valence-corrected chi connectivity index (χ1v) is 9.86. The summed E-state index contributed by atoms with van der Waals surface area (Å²) < 4.78 is 11.8. The van der Waals surface area contributed by atoms with Crippen LogP contribution < -0.4 is 10.9 Å². The number of carbonyl (C=O) groups is 2. The summed E-state index contributed by atoms with van der Waals surface area (Å²) in [6.45, 7) is 3.18. The van der Waals surface area contributed by atoms with E-state index >= 15 is 0 Å². The molecular formula is C21H22N4O5. The van der Waals surface area contributed by atoms with E-state index in [-0.39, 0.29) is 30.3 Å². The van der Waals surface area contributed by atoms with Gasteiger partial charge in [0.25, 0.3) is 11.5 Å². The van der Waals surface area contributed by atoms with Crippen molar-refractivity contribution >= 4 is 28.6 Å². The highest BCUT2D eigenvalue weighted by molar-refractivity contribution is 5.94. The molecule has 9 nitrogen and oxygen atoms in total. The Labute approximate surface area is 172 Å². The maximum atomic E-state index is 12.9. The van der Waals surface area contributed by atoms with Crippen molar-refractivity contribution in [2.24, 2.45) is 0 Å². The van der Waals surface area contributed by atoms with E-state index in [1.165, 1.54) is 6.92 Å². The lowest BCUT2D eigenvalue weighted by atomic mass is 10.2. The highest BCUT2D eigenvalue weighted by Crippen LogP contribution is 2.34. The molecular weight excluding hydrogens is 388 g/mol. The predicted octanol–water partition coefficient (Wildman–Crippen LogP) is 2.53. The molecule has 30 heavy (non-hydrogen) atoms. The number of aromatic nitrogens is 3. The van der Waals surface area contributed by atoms with Gasteiger partial charge in [-0.15, -0.1) is 0 Å². The number of anilines is 1. The number of amides is 1. The Kier molecular flexibility index (Phi) is 5.35. The average molecular weight is 410 g/mol. The van der Waals surface area contributed by atoms with Crippen LogP contribution in [0.1, 0.15) is 43.8 Å². The molecule has 0 saturated heterocycles. The van der Waals surface area contributed by atoms with E-state index in [2.05, 4.69) is 15.5 Å². The number of aryl methyl sites for hydroxylation is 2. The van der Waals surface area contributed by atoms with Crippen LogP contribution in [-0.4, -0.2) is 32.7 Å². The van der Waals surface area contributed by atoms with Gasteiger partial charge in [-0.2, -0.15) is 0 Å². The molecule has 9 heteroatoms. The van der Waals surface area contributed by atoms with Gasteiger partial charge >= 0.3 is 5.97 Å². The Balaban J connectivity index is 1.41. The molecule has 3 aromatic rings. The molecule has 1 saturated carbocycles. The van der Waals surface area contributed by atoms with Gasteiger partial charge in [0.05, 0.1) is 17.3 Å². The second-order valence-electron chi connectivity index (χ2n) is 7.40. The number of benzene rings is 1. The zero-order valence-corrected chi connectivity index (χ0v) is 16.8. The fourth-order valence-corrected chi connectivity index (χ4v) is 3.25. The first kappa shape index (κ1) is 19.8. The summed E-state index contributed by atoms with van der Waals surface area (Å²) in [4.78, 5) is 41.9. The van der Waals surface area contributed by atoms with Gasteiger partial charge in [-0.05, 0) is 38.8 Å². The first-order chi connectivity index (χ1) is 14.4. The molecule has 1 amide bonds. The number of nitrogens with zero attached hydrogens (tertiary/aromatic N) is 3. The molecule has 0 spiro atoms. The fourth-order valence-electron chi connectivity index (χ4n) is 3.25. The van der Waals surface area contributed by atoms with E-state index < -0.39 is 18.0 Å². The van der Waals surface area contributed by atoms with Gasteiger partial charge in [0.15, 0.2) is 11.9 Å². The van der Waals surface area contributed by atoms with E-state index in [0.717, 1.165) is 12.8 Å². The van der Waals surface area contributed by atoms with E-state index in [4.69, 9.17) is 9.26 Å². The largest absolute Gasteiger partial charge is 0.453 e. The molecule has 0 bridgehead atoms. The summed E-state index contributed by atoms with van der Waals surface area (Å²) in [5, 5.41) is 6.77. The molecule has 1 fully saturated rings. The maximum Gasteiger partial charge on any atom is 0.307 e. The van der Waals surface area contributed by atoms with Crippen molar-refractivity contribution in [3.63, 3.8) is 0 Å². The standard InChI is InChI=1S/C21H22N4O5/c1-12-11-17(24-30-12)23-20(27)13(2)29-19(26)10-9-18-22-16-6-4-3-5-15(16)21(28)25(18)14-7-8-14/h3-6,11,13-14H,7-10H2,1-2H3,(H,23,24,27)/t13-/m1/s1. The highest BCUT2D eigenvalue weighted by Gasteiger charge is 2.28. The molecule has 2 heterocycles. The monoisotopic (exact) mass is 410 g/mol. The van der Waals surface area contributed by atoms with Crippen LogP contribution in [0, 0.1) is 6.92 Å². The highest BCUT2D eigenvalue weighted by atomic mass is 16.5. The molecule has 4 rings (SSSR count). The number of hydrogen-bond donors (Lipinski definition) is 1. The lowest BCUT2D eigenvalue weighted by Gasteiger charge is -2.14. The molecule has 1 aliphatic rings. The van der Waals surface area contributed by atoms with Crippen LogP contribution in [0.25, 0.3) is 10.9 Å². The lowest BCUT2D eigenvalue weighted by molar-refractivity contribution is -0.153.